The van der Waals surface area contributed by atoms with Crippen LogP contribution in [0.3, 0.4) is 0 Å². The van der Waals surface area contributed by atoms with E-state index in [1.165, 1.54) is 17.1 Å². The molecule has 138 valence electrons. The number of rotatable bonds is 6. The number of nitrogens with zero attached hydrogens (tertiary/aromatic N) is 1. The topological polar surface area (TPSA) is 75.7 Å². The van der Waals surface area contributed by atoms with Gasteiger partial charge in [0.05, 0.1) is 19.1 Å². The van der Waals surface area contributed by atoms with Gasteiger partial charge in [0.15, 0.2) is 0 Å². The maximum absolute atomic E-state index is 12.7. The first kappa shape index (κ1) is 18.0. The fraction of sp³-hybridized carbons (Fsp3) is 0.611. The van der Waals surface area contributed by atoms with Gasteiger partial charge in [-0.2, -0.15) is 0 Å². The molecule has 0 heterocycles. The summed E-state index contributed by atoms with van der Waals surface area (Å²) in [5.74, 6) is 1.67. The summed E-state index contributed by atoms with van der Waals surface area (Å²) in [5.41, 5.74) is 0.457. The molecule has 0 aliphatic heterocycles. The van der Waals surface area contributed by atoms with Crippen molar-refractivity contribution in [2.75, 3.05) is 17.7 Å². The Kier molecular flexibility index (Phi) is 4.95. The first-order valence-electron chi connectivity index (χ1n) is 8.73. The molecule has 6 nitrogen and oxygen atoms in total. The van der Waals surface area contributed by atoms with E-state index in [1.54, 1.807) is 38.3 Å². The summed E-state index contributed by atoms with van der Waals surface area (Å²) in [6.07, 6.45) is 5.75. The molecule has 2 aliphatic carbocycles. The number of fused-ring (bicyclic) bond motifs is 2. The van der Waals surface area contributed by atoms with Crippen molar-refractivity contribution in [3.05, 3.63) is 24.3 Å². The summed E-state index contributed by atoms with van der Waals surface area (Å²) < 4.78 is 30.9. The fourth-order valence-electron chi connectivity index (χ4n) is 4.26. The molecule has 1 N–H and O–H groups in total. The lowest BCUT2D eigenvalue weighted by molar-refractivity contribution is -0.122. The van der Waals surface area contributed by atoms with E-state index < -0.39 is 16.1 Å². The number of ether oxygens (including phenoxy) is 1. The number of hydrogen-bond acceptors (Lipinski definition) is 4. The SMILES string of the molecule is COc1ccc(N([C@H](C)C(=O)N[C@H]2C[C@H]3CC[C@H]2C3)S(C)(=O)=O)cc1. The molecule has 7 heteroatoms. The molecule has 3 rings (SSSR count). The Bertz CT molecular complexity index is 732. The van der Waals surface area contributed by atoms with E-state index in [0.29, 0.717) is 17.4 Å². The Labute approximate surface area is 149 Å². The number of amides is 1. The second-order valence-electron chi connectivity index (χ2n) is 7.22. The van der Waals surface area contributed by atoms with Gasteiger partial charge in [-0.1, -0.05) is 6.42 Å². The lowest BCUT2D eigenvalue weighted by Crippen LogP contribution is -2.51. The number of carbonyl (C=O) groups excluding carboxylic acids is 1. The Balaban J connectivity index is 1.76. The van der Waals surface area contributed by atoms with Crippen molar-refractivity contribution in [2.24, 2.45) is 11.8 Å². The second-order valence-corrected chi connectivity index (χ2v) is 9.08. The standard InChI is InChI=1S/C18H26N2O4S/c1-12(18(21)19-17-11-13-4-5-14(17)10-13)20(25(3,22)23)15-6-8-16(24-2)9-7-15/h6-9,12-14,17H,4-5,10-11H2,1-3H3,(H,19,21)/t12-,13+,14+,17+/m1/s1. The number of sulfonamides is 1. The summed E-state index contributed by atoms with van der Waals surface area (Å²) in [6, 6.07) is 6.07. The first-order chi connectivity index (χ1) is 11.8. The van der Waals surface area contributed by atoms with Gasteiger partial charge in [-0.25, -0.2) is 8.42 Å². The van der Waals surface area contributed by atoms with Gasteiger partial charge < -0.3 is 10.1 Å². The van der Waals surface area contributed by atoms with E-state index in [2.05, 4.69) is 5.32 Å². The van der Waals surface area contributed by atoms with Crippen molar-refractivity contribution in [1.82, 2.24) is 5.32 Å². The van der Waals surface area contributed by atoms with Gasteiger partial charge >= 0.3 is 0 Å². The largest absolute Gasteiger partial charge is 0.497 e. The maximum Gasteiger partial charge on any atom is 0.243 e. The minimum Gasteiger partial charge on any atom is -0.497 e. The summed E-state index contributed by atoms with van der Waals surface area (Å²) in [6.45, 7) is 1.63. The molecular weight excluding hydrogens is 340 g/mol. The number of anilines is 1. The monoisotopic (exact) mass is 366 g/mol. The van der Waals surface area contributed by atoms with Gasteiger partial charge in [-0.3, -0.25) is 9.10 Å². The normalized spacial score (nSPS) is 26.3. The molecular formula is C18H26N2O4S. The number of carbonyl (C=O) groups is 1. The fourth-order valence-corrected chi connectivity index (χ4v) is 5.44. The molecule has 0 unspecified atom stereocenters. The average Bonchev–Trinajstić information content (AvgIpc) is 3.17. The Morgan fingerprint density at radius 3 is 2.40 bits per heavy atom. The third-order valence-corrected chi connectivity index (χ3v) is 6.72. The molecule has 0 radical (unpaired) electrons. The van der Waals surface area contributed by atoms with E-state index in [4.69, 9.17) is 4.74 Å². The highest BCUT2D eigenvalue weighted by molar-refractivity contribution is 7.92. The third-order valence-electron chi connectivity index (χ3n) is 5.48. The van der Waals surface area contributed by atoms with Crippen molar-refractivity contribution in [2.45, 2.75) is 44.7 Å². The van der Waals surface area contributed by atoms with Crippen molar-refractivity contribution >= 4 is 21.6 Å². The molecule has 0 aromatic heterocycles. The molecule has 25 heavy (non-hydrogen) atoms. The summed E-state index contributed by atoms with van der Waals surface area (Å²) in [7, 11) is -2.04. The number of benzene rings is 1. The van der Waals surface area contributed by atoms with Gasteiger partial charge in [0.25, 0.3) is 0 Å². The van der Waals surface area contributed by atoms with E-state index in [1.807, 2.05) is 0 Å². The van der Waals surface area contributed by atoms with E-state index in [9.17, 15) is 13.2 Å². The predicted molar refractivity (Wildman–Crippen MR) is 97.2 cm³/mol. The lowest BCUT2D eigenvalue weighted by Gasteiger charge is -2.31. The molecule has 0 saturated heterocycles. The van der Waals surface area contributed by atoms with Crippen LogP contribution in [0.5, 0.6) is 5.75 Å². The Morgan fingerprint density at radius 2 is 1.92 bits per heavy atom. The van der Waals surface area contributed by atoms with E-state index in [0.717, 1.165) is 25.0 Å². The third kappa shape index (κ3) is 3.76. The summed E-state index contributed by atoms with van der Waals surface area (Å²) in [4.78, 5) is 12.7. The van der Waals surface area contributed by atoms with Gasteiger partial charge in [-0.05, 0) is 62.3 Å². The average molecular weight is 366 g/mol. The molecule has 2 aliphatic rings. The van der Waals surface area contributed by atoms with Crippen molar-refractivity contribution in [3.63, 3.8) is 0 Å². The summed E-state index contributed by atoms with van der Waals surface area (Å²) >= 11 is 0. The summed E-state index contributed by atoms with van der Waals surface area (Å²) in [5, 5.41) is 3.09. The highest BCUT2D eigenvalue weighted by Gasteiger charge is 2.41. The Hall–Kier alpha value is -1.76. The number of methoxy groups -OCH3 is 1. The molecule has 2 fully saturated rings. The quantitative estimate of drug-likeness (QED) is 0.837. The van der Waals surface area contributed by atoms with Crippen LogP contribution in [0.4, 0.5) is 5.69 Å². The van der Waals surface area contributed by atoms with Crippen molar-refractivity contribution in [1.29, 1.82) is 0 Å². The van der Waals surface area contributed by atoms with Crippen LogP contribution in [0.15, 0.2) is 24.3 Å². The zero-order valence-corrected chi connectivity index (χ0v) is 15.8. The molecule has 1 aromatic carbocycles. The molecule has 1 aromatic rings. The van der Waals surface area contributed by atoms with Gasteiger partial charge in [0.2, 0.25) is 15.9 Å². The number of nitrogens with one attached hydrogen (secondary N) is 1. The second kappa shape index (κ2) is 6.86. The predicted octanol–water partition coefficient (Wildman–Crippen LogP) is 2.15. The number of hydrogen-bond donors (Lipinski definition) is 1. The highest BCUT2D eigenvalue weighted by Crippen LogP contribution is 2.44. The van der Waals surface area contributed by atoms with Crippen molar-refractivity contribution < 1.29 is 17.9 Å². The van der Waals surface area contributed by atoms with Crippen molar-refractivity contribution in [3.8, 4) is 5.75 Å². The molecule has 2 bridgehead atoms. The molecule has 2 saturated carbocycles. The zero-order chi connectivity index (χ0) is 18.2. The maximum atomic E-state index is 12.7. The van der Waals surface area contributed by atoms with Crippen LogP contribution in [0.25, 0.3) is 0 Å². The van der Waals surface area contributed by atoms with Gasteiger partial charge in [0.1, 0.15) is 11.8 Å². The van der Waals surface area contributed by atoms with Crippen LogP contribution in [0.2, 0.25) is 0 Å². The smallest absolute Gasteiger partial charge is 0.243 e. The van der Waals surface area contributed by atoms with E-state index >= 15 is 0 Å². The molecule has 4 atom stereocenters. The minimum atomic E-state index is -3.59. The van der Waals surface area contributed by atoms with Crippen LogP contribution in [0.1, 0.15) is 32.6 Å². The van der Waals surface area contributed by atoms with Crippen LogP contribution in [-0.2, 0) is 14.8 Å². The zero-order valence-electron chi connectivity index (χ0n) is 14.9. The van der Waals surface area contributed by atoms with Gasteiger partial charge in [0, 0.05) is 6.04 Å². The first-order valence-corrected chi connectivity index (χ1v) is 10.6. The van der Waals surface area contributed by atoms with Crippen LogP contribution >= 0.6 is 0 Å². The van der Waals surface area contributed by atoms with Gasteiger partial charge in [-0.15, -0.1) is 0 Å². The van der Waals surface area contributed by atoms with Crippen LogP contribution < -0.4 is 14.4 Å². The molecule has 1 amide bonds. The van der Waals surface area contributed by atoms with Crippen LogP contribution in [-0.4, -0.2) is 39.8 Å². The molecule has 0 spiro atoms. The lowest BCUT2D eigenvalue weighted by atomic mass is 9.95. The highest BCUT2D eigenvalue weighted by atomic mass is 32.2. The van der Waals surface area contributed by atoms with E-state index in [-0.39, 0.29) is 11.9 Å². The van der Waals surface area contributed by atoms with Crippen LogP contribution in [0, 0.1) is 11.8 Å². The Morgan fingerprint density at radius 1 is 1.24 bits per heavy atom. The minimum absolute atomic E-state index is 0.186.